The average Bonchev–Trinajstić information content (AvgIpc) is 2.86. The summed E-state index contributed by atoms with van der Waals surface area (Å²) in [5.74, 6) is -1.84. The molecule has 0 fully saturated rings. The summed E-state index contributed by atoms with van der Waals surface area (Å²) in [4.78, 5) is 37.2. The summed E-state index contributed by atoms with van der Waals surface area (Å²) >= 11 is 0. The van der Waals surface area contributed by atoms with Gasteiger partial charge in [-0.2, -0.15) is 13.2 Å². The number of ketones is 1. The highest BCUT2D eigenvalue weighted by atomic mass is 19.4. The molecule has 200 valence electrons. The van der Waals surface area contributed by atoms with Crippen LogP contribution in [0.15, 0.2) is 65.0 Å². The topological polar surface area (TPSA) is 108 Å². The van der Waals surface area contributed by atoms with E-state index in [1.807, 2.05) is 0 Å². The quantitative estimate of drug-likeness (QED) is 0.277. The van der Waals surface area contributed by atoms with Gasteiger partial charge in [-0.25, -0.2) is 4.79 Å². The summed E-state index contributed by atoms with van der Waals surface area (Å²) in [6.45, 7) is 3.10. The minimum atomic E-state index is -4.54. The van der Waals surface area contributed by atoms with Crippen LogP contribution >= 0.6 is 0 Å². The van der Waals surface area contributed by atoms with E-state index in [2.05, 4.69) is 5.32 Å². The van der Waals surface area contributed by atoms with Gasteiger partial charge in [-0.05, 0) is 56.0 Å². The molecule has 38 heavy (non-hydrogen) atoms. The lowest BCUT2D eigenvalue weighted by molar-refractivity contribution is -0.386. The molecule has 0 amide bonds. The third-order valence-corrected chi connectivity index (χ3v) is 6.43. The second-order valence-electron chi connectivity index (χ2n) is 8.96. The van der Waals surface area contributed by atoms with Gasteiger partial charge in [0.1, 0.15) is 6.61 Å². The molecule has 1 atom stereocenters. The van der Waals surface area contributed by atoms with E-state index in [4.69, 9.17) is 9.47 Å². The number of rotatable bonds is 7. The van der Waals surface area contributed by atoms with Crippen LogP contribution in [0.4, 0.5) is 18.9 Å². The zero-order chi connectivity index (χ0) is 27.6. The maximum atomic E-state index is 13.0. The fourth-order valence-corrected chi connectivity index (χ4v) is 4.77. The summed E-state index contributed by atoms with van der Waals surface area (Å²) < 4.78 is 49.9. The number of nitro groups is 1. The number of alkyl halides is 3. The molecule has 2 aromatic carbocycles. The number of nitrogens with one attached hydrogen (secondary N) is 1. The van der Waals surface area contributed by atoms with Crippen LogP contribution in [0.5, 0.6) is 5.75 Å². The number of dihydropyridines is 1. The zero-order valence-electron chi connectivity index (χ0n) is 20.7. The number of carbonyl (C=O) groups excluding carboxylic acids is 2. The van der Waals surface area contributed by atoms with E-state index in [-0.39, 0.29) is 42.3 Å². The van der Waals surface area contributed by atoms with Crippen molar-refractivity contribution in [3.8, 4) is 5.75 Å². The number of Topliss-reactive ketones (excluding diaryl/α,β-unsaturated/α-hetero) is 1. The normalized spacial score (nSPS) is 17.6. The molecule has 0 aromatic heterocycles. The Balaban J connectivity index is 1.72. The Morgan fingerprint density at radius 2 is 1.95 bits per heavy atom. The van der Waals surface area contributed by atoms with Crippen molar-refractivity contribution in [3.05, 3.63) is 91.8 Å². The van der Waals surface area contributed by atoms with Gasteiger partial charge >= 0.3 is 17.8 Å². The lowest BCUT2D eigenvalue weighted by Gasteiger charge is -2.34. The largest absolute Gasteiger partial charge is 0.482 e. The number of ether oxygens (including phenoxy) is 2. The first-order chi connectivity index (χ1) is 18.0. The average molecular weight is 530 g/mol. The number of nitro benzene ring substituents is 1. The van der Waals surface area contributed by atoms with Gasteiger partial charge in [0.05, 0.1) is 22.7 Å². The number of nitrogens with zero attached hydrogens (tertiary/aromatic N) is 1. The number of halogens is 3. The number of esters is 1. The molecule has 1 aliphatic carbocycles. The van der Waals surface area contributed by atoms with Crippen molar-refractivity contribution >= 4 is 17.4 Å². The van der Waals surface area contributed by atoms with Gasteiger partial charge in [0.25, 0.3) is 0 Å². The number of carbonyl (C=O) groups is 2. The van der Waals surface area contributed by atoms with Crippen LogP contribution in [-0.2, 0) is 27.1 Å². The highest BCUT2D eigenvalue weighted by Crippen LogP contribution is 2.44. The van der Waals surface area contributed by atoms with Crippen molar-refractivity contribution in [1.82, 2.24) is 5.32 Å². The van der Waals surface area contributed by atoms with E-state index in [1.165, 1.54) is 30.3 Å². The Bertz CT molecular complexity index is 1360. The second-order valence-corrected chi connectivity index (χ2v) is 8.96. The second kappa shape index (κ2) is 10.7. The van der Waals surface area contributed by atoms with Gasteiger partial charge in [0.2, 0.25) is 0 Å². The Labute approximate surface area is 216 Å². The SMILES string of the molecule is CCOC(=O)C1=C(C)NC2=C(C(=O)CCC2)C1c1ccc(OCc2cccc(C(F)(F)F)c2)c([N+](=O)[O-])c1. The summed E-state index contributed by atoms with van der Waals surface area (Å²) in [6, 6.07) is 8.57. The monoisotopic (exact) mass is 530 g/mol. The maximum absolute atomic E-state index is 13.0. The van der Waals surface area contributed by atoms with Crippen molar-refractivity contribution in [2.24, 2.45) is 0 Å². The molecule has 1 heterocycles. The van der Waals surface area contributed by atoms with Crippen LogP contribution < -0.4 is 10.1 Å². The van der Waals surface area contributed by atoms with Gasteiger partial charge in [0.15, 0.2) is 11.5 Å². The number of hydrogen-bond donors (Lipinski definition) is 1. The van der Waals surface area contributed by atoms with Crippen molar-refractivity contribution in [3.63, 3.8) is 0 Å². The minimum Gasteiger partial charge on any atom is -0.482 e. The Hall–Kier alpha value is -4.15. The Morgan fingerprint density at radius 1 is 1.18 bits per heavy atom. The standard InChI is InChI=1S/C27H25F3N2O6/c1-3-37-26(34)23-15(2)31-19-8-5-9-21(33)25(19)24(23)17-10-11-22(20(13-17)32(35)36)38-14-16-6-4-7-18(12-16)27(28,29)30/h4,6-7,10-13,24,31H,3,5,8-9,14H2,1-2H3. The molecule has 8 nitrogen and oxygen atoms in total. The van der Waals surface area contributed by atoms with Crippen LogP contribution in [-0.4, -0.2) is 23.3 Å². The molecule has 1 unspecified atom stereocenters. The van der Waals surface area contributed by atoms with E-state index >= 15 is 0 Å². The molecule has 0 spiro atoms. The molecule has 0 saturated carbocycles. The molecule has 4 rings (SSSR count). The fraction of sp³-hybridized carbons (Fsp3) is 0.333. The highest BCUT2D eigenvalue weighted by molar-refractivity contribution is 6.03. The first kappa shape index (κ1) is 26.9. The third kappa shape index (κ3) is 5.41. The number of hydrogen-bond acceptors (Lipinski definition) is 7. The van der Waals surface area contributed by atoms with Crippen LogP contribution in [0.25, 0.3) is 0 Å². The van der Waals surface area contributed by atoms with Gasteiger partial charge in [0, 0.05) is 35.4 Å². The number of allylic oxidation sites excluding steroid dienone is 3. The Kier molecular flexibility index (Phi) is 7.56. The van der Waals surface area contributed by atoms with Crippen LogP contribution in [0, 0.1) is 10.1 Å². The summed E-state index contributed by atoms with van der Waals surface area (Å²) in [5, 5.41) is 15.1. The van der Waals surface area contributed by atoms with E-state index in [1.54, 1.807) is 13.8 Å². The summed E-state index contributed by atoms with van der Waals surface area (Å²) in [5.41, 5.74) is 0.934. The molecule has 0 bridgehead atoms. The number of benzene rings is 2. The first-order valence-electron chi connectivity index (χ1n) is 12.0. The molecular formula is C27H25F3N2O6. The zero-order valence-corrected chi connectivity index (χ0v) is 20.7. The van der Waals surface area contributed by atoms with Gasteiger partial charge < -0.3 is 14.8 Å². The van der Waals surface area contributed by atoms with Gasteiger partial charge in [-0.3, -0.25) is 14.9 Å². The highest BCUT2D eigenvalue weighted by Gasteiger charge is 2.40. The molecule has 2 aromatic rings. The molecular weight excluding hydrogens is 505 g/mol. The molecule has 1 aliphatic heterocycles. The fourth-order valence-electron chi connectivity index (χ4n) is 4.77. The molecule has 1 N–H and O–H groups in total. The van der Waals surface area contributed by atoms with Gasteiger partial charge in [-0.15, -0.1) is 0 Å². The van der Waals surface area contributed by atoms with Crippen molar-refractivity contribution in [1.29, 1.82) is 0 Å². The van der Waals surface area contributed by atoms with E-state index in [0.29, 0.717) is 35.4 Å². The molecule has 0 radical (unpaired) electrons. The summed E-state index contributed by atoms with van der Waals surface area (Å²) in [6.07, 6.45) is -3.02. The van der Waals surface area contributed by atoms with E-state index < -0.39 is 34.2 Å². The van der Waals surface area contributed by atoms with Gasteiger partial charge in [-0.1, -0.05) is 18.2 Å². The third-order valence-electron chi connectivity index (χ3n) is 6.43. The predicted molar refractivity (Wildman–Crippen MR) is 130 cm³/mol. The van der Waals surface area contributed by atoms with Crippen LogP contribution in [0.3, 0.4) is 0 Å². The van der Waals surface area contributed by atoms with Crippen LogP contribution in [0.1, 0.15) is 55.7 Å². The molecule has 0 saturated heterocycles. The lowest BCUT2D eigenvalue weighted by Crippen LogP contribution is -2.34. The minimum absolute atomic E-state index is 0.102. The first-order valence-corrected chi connectivity index (χ1v) is 12.0. The summed E-state index contributed by atoms with van der Waals surface area (Å²) in [7, 11) is 0. The smallest absolute Gasteiger partial charge is 0.416 e. The van der Waals surface area contributed by atoms with Crippen LogP contribution in [0.2, 0.25) is 0 Å². The maximum Gasteiger partial charge on any atom is 0.416 e. The van der Waals surface area contributed by atoms with E-state index in [9.17, 15) is 32.9 Å². The predicted octanol–water partition coefficient (Wildman–Crippen LogP) is 5.72. The Morgan fingerprint density at radius 3 is 2.63 bits per heavy atom. The molecule has 2 aliphatic rings. The molecule has 11 heteroatoms. The van der Waals surface area contributed by atoms with Crippen molar-refractivity contribution in [2.75, 3.05) is 6.61 Å². The van der Waals surface area contributed by atoms with Crippen molar-refractivity contribution in [2.45, 2.75) is 51.8 Å². The lowest BCUT2D eigenvalue weighted by atomic mass is 9.75. The van der Waals surface area contributed by atoms with E-state index in [0.717, 1.165) is 12.1 Å². The van der Waals surface area contributed by atoms with Crippen molar-refractivity contribution < 1.29 is 37.2 Å².